The second kappa shape index (κ2) is 12.6. The highest BCUT2D eigenvalue weighted by Gasteiger charge is 2.20. The van der Waals surface area contributed by atoms with Crippen molar-refractivity contribution in [1.29, 1.82) is 0 Å². The van der Waals surface area contributed by atoms with Crippen molar-refractivity contribution >= 4 is 29.9 Å². The van der Waals surface area contributed by atoms with Crippen molar-refractivity contribution in [3.05, 3.63) is 54.0 Å². The van der Waals surface area contributed by atoms with E-state index >= 15 is 0 Å². The molecule has 0 aliphatic heterocycles. The van der Waals surface area contributed by atoms with Gasteiger partial charge in [0.1, 0.15) is 11.6 Å². The maximum Gasteiger partial charge on any atom is 0.224 e. The first kappa shape index (κ1) is 23.3. The number of hydrogen-bond acceptors (Lipinski definition) is 4. The van der Waals surface area contributed by atoms with Crippen molar-refractivity contribution < 1.29 is 13.9 Å². The minimum Gasteiger partial charge on any atom is -0.439 e. The van der Waals surface area contributed by atoms with Crippen LogP contribution >= 0.6 is 24.0 Å². The van der Waals surface area contributed by atoms with Crippen molar-refractivity contribution in [3.63, 3.8) is 0 Å². The van der Waals surface area contributed by atoms with E-state index in [1.807, 2.05) is 12.1 Å². The number of pyridine rings is 1. The molecule has 1 heterocycles. The predicted molar refractivity (Wildman–Crippen MR) is 122 cm³/mol. The number of nitrogens with zero attached hydrogens (tertiary/aromatic N) is 2. The van der Waals surface area contributed by atoms with Gasteiger partial charge < -0.3 is 20.1 Å². The molecular weight excluding hydrogens is 486 g/mol. The highest BCUT2D eigenvalue weighted by Crippen LogP contribution is 2.28. The van der Waals surface area contributed by atoms with E-state index in [1.165, 1.54) is 25.0 Å². The van der Waals surface area contributed by atoms with E-state index in [0.717, 1.165) is 37.7 Å². The standard InChI is InChI=1S/C21H27FN4O2.HI/c1-23-21(25-11-4-12-27-15-16-8-9-16)26-14-17-5-3-10-24-20(17)28-19-7-2-6-18(22)13-19;/h2-3,5-7,10,13,16H,4,8-9,11-12,14-15H2,1H3,(H2,23,25,26);1H. The van der Waals surface area contributed by atoms with Crippen LogP contribution < -0.4 is 15.4 Å². The summed E-state index contributed by atoms with van der Waals surface area (Å²) in [5.74, 6) is 1.99. The van der Waals surface area contributed by atoms with Gasteiger partial charge >= 0.3 is 0 Å². The van der Waals surface area contributed by atoms with Gasteiger partial charge in [0.25, 0.3) is 0 Å². The summed E-state index contributed by atoms with van der Waals surface area (Å²) in [5, 5.41) is 6.51. The molecule has 1 aromatic carbocycles. The molecule has 2 N–H and O–H groups in total. The largest absolute Gasteiger partial charge is 0.439 e. The third-order valence-electron chi connectivity index (χ3n) is 4.34. The first-order valence-electron chi connectivity index (χ1n) is 9.64. The number of hydrogen-bond donors (Lipinski definition) is 2. The molecule has 3 rings (SSSR count). The Balaban J connectivity index is 0.00000300. The van der Waals surface area contributed by atoms with Gasteiger partial charge in [-0.3, -0.25) is 4.99 Å². The Hall–Kier alpha value is -1.94. The van der Waals surface area contributed by atoms with E-state index < -0.39 is 0 Å². The Kier molecular flexibility index (Phi) is 10.1. The van der Waals surface area contributed by atoms with Gasteiger partial charge in [-0.1, -0.05) is 12.1 Å². The lowest BCUT2D eigenvalue weighted by molar-refractivity contribution is 0.123. The summed E-state index contributed by atoms with van der Waals surface area (Å²) >= 11 is 0. The van der Waals surface area contributed by atoms with Gasteiger partial charge in [0.15, 0.2) is 5.96 Å². The third-order valence-corrected chi connectivity index (χ3v) is 4.34. The van der Waals surface area contributed by atoms with Gasteiger partial charge in [-0.05, 0) is 43.4 Å². The summed E-state index contributed by atoms with van der Waals surface area (Å²) in [5.41, 5.74) is 0.850. The Labute approximate surface area is 188 Å². The molecule has 29 heavy (non-hydrogen) atoms. The van der Waals surface area contributed by atoms with Crippen molar-refractivity contribution in [1.82, 2.24) is 15.6 Å². The van der Waals surface area contributed by atoms with E-state index in [2.05, 4.69) is 20.6 Å². The van der Waals surface area contributed by atoms with Gasteiger partial charge in [-0.25, -0.2) is 9.37 Å². The van der Waals surface area contributed by atoms with E-state index in [0.29, 0.717) is 24.1 Å². The first-order chi connectivity index (χ1) is 13.7. The van der Waals surface area contributed by atoms with Crippen LogP contribution in [0.3, 0.4) is 0 Å². The summed E-state index contributed by atoms with van der Waals surface area (Å²) in [6.07, 6.45) is 5.20. The zero-order valence-corrected chi connectivity index (χ0v) is 18.9. The number of rotatable bonds is 10. The lowest BCUT2D eigenvalue weighted by Crippen LogP contribution is -2.37. The molecular formula is C21H28FIN4O2. The molecule has 6 nitrogen and oxygen atoms in total. The Morgan fingerprint density at radius 3 is 2.86 bits per heavy atom. The molecule has 0 saturated heterocycles. The van der Waals surface area contributed by atoms with Gasteiger partial charge in [0, 0.05) is 51.2 Å². The summed E-state index contributed by atoms with van der Waals surface area (Å²) in [6, 6.07) is 9.75. The van der Waals surface area contributed by atoms with Crippen LogP contribution in [0.1, 0.15) is 24.8 Å². The second-order valence-electron chi connectivity index (χ2n) is 6.75. The Morgan fingerprint density at radius 2 is 2.10 bits per heavy atom. The lowest BCUT2D eigenvalue weighted by Gasteiger charge is -2.14. The molecule has 0 atom stereocenters. The summed E-state index contributed by atoms with van der Waals surface area (Å²) in [4.78, 5) is 8.49. The van der Waals surface area contributed by atoms with Crippen molar-refractivity contribution in [2.75, 3.05) is 26.8 Å². The van der Waals surface area contributed by atoms with Crippen LogP contribution in [0.2, 0.25) is 0 Å². The first-order valence-corrected chi connectivity index (χ1v) is 9.64. The van der Waals surface area contributed by atoms with E-state index in [-0.39, 0.29) is 29.8 Å². The zero-order chi connectivity index (χ0) is 19.6. The zero-order valence-electron chi connectivity index (χ0n) is 16.6. The highest BCUT2D eigenvalue weighted by atomic mass is 127. The lowest BCUT2D eigenvalue weighted by atomic mass is 10.2. The van der Waals surface area contributed by atoms with Crippen molar-refractivity contribution in [2.45, 2.75) is 25.8 Å². The summed E-state index contributed by atoms with van der Waals surface area (Å²) in [7, 11) is 1.73. The van der Waals surface area contributed by atoms with Crippen LogP contribution in [0.25, 0.3) is 0 Å². The number of nitrogens with one attached hydrogen (secondary N) is 2. The van der Waals surface area contributed by atoms with Crippen LogP contribution in [0.4, 0.5) is 4.39 Å². The number of ether oxygens (including phenoxy) is 2. The van der Waals surface area contributed by atoms with Crippen LogP contribution in [-0.4, -0.2) is 37.7 Å². The molecule has 8 heteroatoms. The minimum absolute atomic E-state index is 0. The number of benzene rings is 1. The minimum atomic E-state index is -0.348. The van der Waals surface area contributed by atoms with Crippen LogP contribution in [0, 0.1) is 11.7 Å². The molecule has 1 saturated carbocycles. The van der Waals surface area contributed by atoms with Gasteiger partial charge in [-0.15, -0.1) is 24.0 Å². The fourth-order valence-corrected chi connectivity index (χ4v) is 2.61. The van der Waals surface area contributed by atoms with E-state index in [1.54, 1.807) is 25.4 Å². The number of guanidine groups is 1. The molecule has 0 bridgehead atoms. The number of aromatic nitrogens is 1. The molecule has 0 radical (unpaired) electrons. The van der Waals surface area contributed by atoms with Crippen LogP contribution in [0.15, 0.2) is 47.6 Å². The molecule has 0 spiro atoms. The second-order valence-corrected chi connectivity index (χ2v) is 6.75. The monoisotopic (exact) mass is 514 g/mol. The number of aliphatic imine (C=N–C) groups is 1. The normalized spacial score (nSPS) is 13.5. The van der Waals surface area contributed by atoms with Gasteiger partial charge in [0.2, 0.25) is 5.88 Å². The van der Waals surface area contributed by atoms with Gasteiger partial charge in [0.05, 0.1) is 0 Å². The number of halogens is 2. The maximum absolute atomic E-state index is 13.4. The van der Waals surface area contributed by atoms with Crippen LogP contribution in [-0.2, 0) is 11.3 Å². The van der Waals surface area contributed by atoms with Crippen molar-refractivity contribution in [3.8, 4) is 11.6 Å². The smallest absolute Gasteiger partial charge is 0.224 e. The fourth-order valence-electron chi connectivity index (χ4n) is 2.61. The molecule has 158 valence electrons. The highest BCUT2D eigenvalue weighted by molar-refractivity contribution is 14.0. The van der Waals surface area contributed by atoms with Gasteiger partial charge in [-0.2, -0.15) is 0 Å². The van der Waals surface area contributed by atoms with E-state index in [9.17, 15) is 4.39 Å². The topological polar surface area (TPSA) is 67.8 Å². The molecule has 2 aromatic rings. The maximum atomic E-state index is 13.4. The molecule has 0 unspecified atom stereocenters. The molecule has 1 aliphatic carbocycles. The van der Waals surface area contributed by atoms with E-state index in [4.69, 9.17) is 9.47 Å². The fraction of sp³-hybridized carbons (Fsp3) is 0.429. The SMILES string of the molecule is CN=C(NCCCOCC1CC1)NCc1cccnc1Oc1cccc(F)c1.I. The molecule has 0 amide bonds. The molecule has 1 aliphatic rings. The van der Waals surface area contributed by atoms with Crippen molar-refractivity contribution in [2.24, 2.45) is 10.9 Å². The predicted octanol–water partition coefficient (Wildman–Crippen LogP) is 4.11. The Morgan fingerprint density at radius 1 is 1.24 bits per heavy atom. The average molecular weight is 514 g/mol. The molecule has 1 fully saturated rings. The van der Waals surface area contributed by atoms with Crippen LogP contribution in [0.5, 0.6) is 11.6 Å². The quantitative estimate of drug-likeness (QED) is 0.216. The summed E-state index contributed by atoms with van der Waals surface area (Å²) in [6.45, 7) is 2.91. The summed E-state index contributed by atoms with van der Waals surface area (Å²) < 4.78 is 24.7. The molecule has 1 aromatic heterocycles. The Bertz CT molecular complexity index is 787. The average Bonchev–Trinajstić information content (AvgIpc) is 3.52. The third kappa shape index (κ3) is 8.53.